The van der Waals surface area contributed by atoms with E-state index in [2.05, 4.69) is 4.98 Å². The van der Waals surface area contributed by atoms with Gasteiger partial charge in [0.15, 0.2) is 18.7 Å². The van der Waals surface area contributed by atoms with Crippen molar-refractivity contribution < 1.29 is 62.9 Å². The van der Waals surface area contributed by atoms with Gasteiger partial charge in [-0.2, -0.15) is 0 Å². The summed E-state index contributed by atoms with van der Waals surface area (Å²) < 4.78 is 46.6. The number of esters is 1. The molecule has 262 valence electrons. The van der Waals surface area contributed by atoms with Gasteiger partial charge in [0, 0.05) is 18.5 Å². The summed E-state index contributed by atoms with van der Waals surface area (Å²) in [4.78, 5) is 27.6. The van der Waals surface area contributed by atoms with Crippen molar-refractivity contribution in [1.82, 2.24) is 4.98 Å². The zero-order valence-electron chi connectivity index (χ0n) is 25.6. The van der Waals surface area contributed by atoms with E-state index < -0.39 is 78.9 Å². The SMILES string of the molecule is O=C(OC[C@H]1O[C@@H](OCc2ccc(Cl)c([N+](=O)[O-])c2)[C@H](Oc2ccccc2)[C@@H](O)[C@@H]1O[C@H]1O[C@@H]2COCO[C@H]2[C@H](O)[C@H]1O)c1cccnc1. The van der Waals surface area contributed by atoms with Gasteiger partial charge in [-0.05, 0) is 35.9 Å². The van der Waals surface area contributed by atoms with Gasteiger partial charge in [-0.1, -0.05) is 35.9 Å². The maximum Gasteiger partial charge on any atom is 0.339 e. The zero-order valence-corrected chi connectivity index (χ0v) is 26.4. The highest BCUT2D eigenvalue weighted by atomic mass is 35.5. The number of nitrogens with zero attached hydrogens (tertiary/aromatic N) is 2. The number of fused-ring (bicyclic) bond motifs is 1. The molecule has 2 aromatic carbocycles. The van der Waals surface area contributed by atoms with Crippen LogP contribution in [0.25, 0.3) is 0 Å². The lowest BCUT2D eigenvalue weighted by atomic mass is 9.96. The van der Waals surface area contributed by atoms with E-state index in [-0.39, 0.29) is 36.3 Å². The van der Waals surface area contributed by atoms with Gasteiger partial charge in [0.1, 0.15) is 66.9 Å². The van der Waals surface area contributed by atoms with Crippen molar-refractivity contribution in [2.24, 2.45) is 0 Å². The molecule has 0 saturated carbocycles. The summed E-state index contributed by atoms with van der Waals surface area (Å²) in [6, 6.07) is 15.6. The Morgan fingerprint density at radius 1 is 1.00 bits per heavy atom. The van der Waals surface area contributed by atoms with Crippen LogP contribution in [-0.4, -0.2) is 113 Å². The molecule has 0 spiro atoms. The van der Waals surface area contributed by atoms with E-state index in [9.17, 15) is 30.2 Å². The first-order valence-electron chi connectivity index (χ1n) is 15.2. The second kappa shape index (κ2) is 15.8. The van der Waals surface area contributed by atoms with Crippen molar-refractivity contribution in [3.05, 3.63) is 99.3 Å². The molecule has 10 atom stereocenters. The number of nitro benzene ring substituents is 1. The van der Waals surface area contributed by atoms with Gasteiger partial charge < -0.3 is 53.2 Å². The number of pyridine rings is 1. The molecule has 6 rings (SSSR count). The van der Waals surface area contributed by atoms with Gasteiger partial charge in [-0.3, -0.25) is 15.1 Å². The number of halogens is 1. The third-order valence-electron chi connectivity index (χ3n) is 8.09. The number of carbonyl (C=O) groups excluding carboxylic acids is 1. The van der Waals surface area contributed by atoms with Crippen LogP contribution in [0.4, 0.5) is 5.69 Å². The minimum absolute atomic E-state index is 0.0443. The smallest absolute Gasteiger partial charge is 0.339 e. The number of carbonyl (C=O) groups is 1. The van der Waals surface area contributed by atoms with Crippen LogP contribution < -0.4 is 4.74 Å². The largest absolute Gasteiger partial charge is 0.482 e. The number of aliphatic hydroxyl groups is 3. The second-order valence-corrected chi connectivity index (χ2v) is 11.8. The van der Waals surface area contributed by atoms with E-state index in [0.717, 1.165) is 0 Å². The molecule has 1 aromatic heterocycles. The van der Waals surface area contributed by atoms with E-state index in [1.54, 1.807) is 36.4 Å². The van der Waals surface area contributed by atoms with E-state index in [4.69, 9.17) is 49.5 Å². The summed E-state index contributed by atoms with van der Waals surface area (Å²) in [6.45, 7) is -0.772. The predicted octanol–water partition coefficient (Wildman–Crippen LogP) is 1.75. The van der Waals surface area contributed by atoms with E-state index in [1.807, 2.05) is 0 Å². The Hall–Kier alpha value is -3.81. The number of hydrogen-bond donors (Lipinski definition) is 3. The minimum atomic E-state index is -1.62. The number of nitro groups is 1. The number of para-hydroxylation sites is 1. The fourth-order valence-corrected chi connectivity index (χ4v) is 5.79. The zero-order chi connectivity index (χ0) is 34.5. The maximum absolute atomic E-state index is 12.9. The van der Waals surface area contributed by atoms with Crippen molar-refractivity contribution in [2.45, 2.75) is 68.0 Å². The molecular formula is C32H33ClN2O14. The Labute approximate surface area is 284 Å². The molecule has 3 aromatic rings. The van der Waals surface area contributed by atoms with Gasteiger partial charge in [-0.25, -0.2) is 4.79 Å². The summed E-state index contributed by atoms with van der Waals surface area (Å²) in [5.41, 5.74) is 0.184. The molecule has 3 aliphatic rings. The molecule has 3 aliphatic heterocycles. The van der Waals surface area contributed by atoms with Crippen LogP contribution in [0.5, 0.6) is 5.75 Å². The molecule has 17 heteroatoms. The number of rotatable bonds is 11. The Morgan fingerprint density at radius 2 is 1.82 bits per heavy atom. The summed E-state index contributed by atoms with van der Waals surface area (Å²) >= 11 is 5.97. The summed E-state index contributed by atoms with van der Waals surface area (Å²) in [5, 5.41) is 45.0. The quantitative estimate of drug-likeness (QED) is 0.148. The van der Waals surface area contributed by atoms with Crippen LogP contribution in [-0.2, 0) is 39.8 Å². The molecule has 0 radical (unpaired) electrons. The molecule has 16 nitrogen and oxygen atoms in total. The minimum Gasteiger partial charge on any atom is -0.482 e. The first-order chi connectivity index (χ1) is 23.7. The number of aliphatic hydroxyl groups excluding tert-OH is 3. The van der Waals surface area contributed by atoms with Crippen LogP contribution in [0, 0.1) is 10.1 Å². The molecule has 0 unspecified atom stereocenters. The second-order valence-electron chi connectivity index (χ2n) is 11.4. The first kappa shape index (κ1) is 35.0. The Bertz CT molecular complexity index is 1570. The number of aromatic nitrogens is 1. The lowest BCUT2D eigenvalue weighted by molar-refractivity contribution is -0.384. The average molecular weight is 705 g/mol. The highest BCUT2D eigenvalue weighted by Gasteiger charge is 2.53. The number of ether oxygens (including phenoxy) is 8. The molecule has 3 N–H and O–H groups in total. The monoisotopic (exact) mass is 704 g/mol. The van der Waals surface area contributed by atoms with Crippen molar-refractivity contribution >= 4 is 23.3 Å². The molecule has 3 saturated heterocycles. The summed E-state index contributed by atoms with van der Waals surface area (Å²) in [7, 11) is 0. The topological polar surface area (TPSA) is 208 Å². The third kappa shape index (κ3) is 8.16. The lowest BCUT2D eigenvalue weighted by Crippen LogP contribution is -2.66. The maximum atomic E-state index is 12.9. The van der Waals surface area contributed by atoms with Crippen molar-refractivity contribution in [1.29, 1.82) is 0 Å². The molecule has 0 amide bonds. The normalized spacial score (nSPS) is 31.3. The van der Waals surface area contributed by atoms with Gasteiger partial charge in [0.05, 0.1) is 23.7 Å². The third-order valence-corrected chi connectivity index (χ3v) is 8.41. The van der Waals surface area contributed by atoms with Gasteiger partial charge in [0.2, 0.25) is 0 Å². The van der Waals surface area contributed by atoms with Crippen molar-refractivity contribution in [2.75, 3.05) is 20.0 Å². The van der Waals surface area contributed by atoms with Crippen LogP contribution in [0.15, 0.2) is 73.1 Å². The van der Waals surface area contributed by atoms with Crippen LogP contribution in [0.3, 0.4) is 0 Å². The fourth-order valence-electron chi connectivity index (χ4n) is 5.61. The highest BCUT2D eigenvalue weighted by Crippen LogP contribution is 2.34. The molecule has 0 bridgehead atoms. The summed E-state index contributed by atoms with van der Waals surface area (Å²) in [5.74, 6) is -0.419. The first-order valence-corrected chi connectivity index (χ1v) is 15.6. The standard InChI is InChI=1S/C32H33ClN2O14/c33-20-9-8-17(11-21(20)35(40)41)13-44-32-29(46-19-6-2-1-3-7-19)26(38)28(23(48-32)15-43-30(39)18-5-4-10-34-12-18)49-31-25(37)24(36)27-22(47-31)14-42-16-45-27/h1-12,22-29,31-32,36-38H,13-16H2/t22-,23-,24-,25-,26+,27-,28-,29-,31-,32-/m1/s1. The van der Waals surface area contributed by atoms with E-state index >= 15 is 0 Å². The molecule has 49 heavy (non-hydrogen) atoms. The summed E-state index contributed by atoms with van der Waals surface area (Å²) in [6.07, 6.45) is -10.4. The van der Waals surface area contributed by atoms with Gasteiger partial charge in [0.25, 0.3) is 5.69 Å². The van der Waals surface area contributed by atoms with E-state index in [1.165, 1.54) is 36.7 Å². The van der Waals surface area contributed by atoms with Gasteiger partial charge in [-0.15, -0.1) is 0 Å². The van der Waals surface area contributed by atoms with Gasteiger partial charge >= 0.3 is 5.97 Å². The Balaban J connectivity index is 1.27. The molecule has 3 fully saturated rings. The fraction of sp³-hybridized carbons (Fsp3) is 0.438. The molecular weight excluding hydrogens is 672 g/mol. The highest BCUT2D eigenvalue weighted by molar-refractivity contribution is 6.32. The average Bonchev–Trinajstić information content (AvgIpc) is 3.12. The van der Waals surface area contributed by atoms with Crippen LogP contribution in [0.1, 0.15) is 15.9 Å². The lowest BCUT2D eigenvalue weighted by Gasteiger charge is -2.48. The van der Waals surface area contributed by atoms with Crippen LogP contribution in [0.2, 0.25) is 5.02 Å². The van der Waals surface area contributed by atoms with Crippen molar-refractivity contribution in [3.63, 3.8) is 0 Å². The molecule has 0 aliphatic carbocycles. The van der Waals surface area contributed by atoms with Crippen LogP contribution >= 0.6 is 11.6 Å². The molecule has 4 heterocycles. The number of hydrogen-bond acceptors (Lipinski definition) is 15. The Morgan fingerprint density at radius 3 is 2.57 bits per heavy atom. The van der Waals surface area contributed by atoms with Crippen molar-refractivity contribution in [3.8, 4) is 5.75 Å². The van der Waals surface area contributed by atoms with E-state index in [0.29, 0.717) is 11.3 Å². The Kier molecular flexibility index (Phi) is 11.3. The number of benzene rings is 2. The predicted molar refractivity (Wildman–Crippen MR) is 164 cm³/mol.